The molecule has 0 radical (unpaired) electrons. The number of aromatic nitrogens is 2. The molecule has 0 aliphatic heterocycles. The number of aryl methyl sites for hydroxylation is 3. The second-order valence-corrected chi connectivity index (χ2v) is 11.1. The summed E-state index contributed by atoms with van der Waals surface area (Å²) in [5, 5.41) is 5.69. The molecule has 3 aromatic carbocycles. The quantitative estimate of drug-likeness (QED) is 0.266. The fourth-order valence-corrected chi connectivity index (χ4v) is 5.52. The Bertz CT molecular complexity index is 1630. The summed E-state index contributed by atoms with van der Waals surface area (Å²) in [6.45, 7) is 6.60. The van der Waals surface area contributed by atoms with E-state index in [0.29, 0.717) is 50.7 Å². The molecule has 0 N–H and O–H groups in total. The van der Waals surface area contributed by atoms with E-state index in [1.165, 1.54) is 5.56 Å². The summed E-state index contributed by atoms with van der Waals surface area (Å²) in [6, 6.07) is 13.1. The number of benzene rings is 3. The van der Waals surface area contributed by atoms with Crippen molar-refractivity contribution >= 4 is 38.4 Å². The van der Waals surface area contributed by atoms with Crippen molar-refractivity contribution < 1.29 is 22.1 Å². The second kappa shape index (κ2) is 9.03. The summed E-state index contributed by atoms with van der Waals surface area (Å²) in [7, 11) is -3.58. The van der Waals surface area contributed by atoms with Crippen LogP contribution in [-0.2, 0) is 27.5 Å². The van der Waals surface area contributed by atoms with Gasteiger partial charge >= 0.3 is 0 Å². The molecule has 4 aromatic rings. The molecule has 1 aromatic heterocycles. The maximum Gasteiger partial charge on any atom is 0.264 e. The molecular weight excluding hydrogens is 500 g/mol. The number of hydrogen-bond acceptors (Lipinski definition) is 6. The number of ketones is 1. The molecule has 7 nitrogen and oxygen atoms in total. The fourth-order valence-electron chi connectivity index (χ4n) is 4.90. The van der Waals surface area contributed by atoms with Gasteiger partial charge in [-0.15, -0.1) is 0 Å². The molecule has 186 valence electrons. The summed E-state index contributed by atoms with van der Waals surface area (Å²) in [5.74, 6) is 0.235. The van der Waals surface area contributed by atoms with Crippen LogP contribution in [0.4, 0.5) is 0 Å². The Balaban J connectivity index is 1.58. The number of rotatable bonds is 7. The predicted octanol–water partition coefficient (Wildman–Crippen LogP) is 5.38. The second-order valence-electron chi connectivity index (χ2n) is 9.09. The van der Waals surface area contributed by atoms with E-state index < -0.39 is 10.1 Å². The molecule has 9 heteroatoms. The summed E-state index contributed by atoms with van der Waals surface area (Å²) < 4.78 is 35.6. The van der Waals surface area contributed by atoms with E-state index in [0.717, 1.165) is 22.9 Å². The van der Waals surface area contributed by atoms with Crippen LogP contribution in [0.3, 0.4) is 0 Å². The first-order valence-electron chi connectivity index (χ1n) is 11.5. The van der Waals surface area contributed by atoms with Crippen LogP contribution in [0.1, 0.15) is 38.2 Å². The van der Waals surface area contributed by atoms with Crippen molar-refractivity contribution in [3.63, 3.8) is 0 Å². The van der Waals surface area contributed by atoms with E-state index in [9.17, 15) is 13.2 Å². The lowest BCUT2D eigenvalue weighted by atomic mass is 9.86. The van der Waals surface area contributed by atoms with E-state index in [4.69, 9.17) is 25.6 Å². The number of carbonyl (C=O) groups excluding carboxylic acids is 1. The molecule has 0 amide bonds. The van der Waals surface area contributed by atoms with Crippen molar-refractivity contribution in [2.24, 2.45) is 0 Å². The van der Waals surface area contributed by atoms with E-state index >= 15 is 0 Å². The van der Waals surface area contributed by atoms with Gasteiger partial charge in [0.15, 0.2) is 5.78 Å². The summed E-state index contributed by atoms with van der Waals surface area (Å²) >= 11 is 6.52. The van der Waals surface area contributed by atoms with Crippen LogP contribution in [0, 0.1) is 20.8 Å². The topological polar surface area (TPSA) is 87.5 Å². The average Bonchev–Trinajstić information content (AvgIpc) is 3.15. The van der Waals surface area contributed by atoms with Gasteiger partial charge in [0.25, 0.3) is 10.1 Å². The van der Waals surface area contributed by atoms with Gasteiger partial charge in [-0.1, -0.05) is 41.4 Å². The Morgan fingerprint density at radius 1 is 1.03 bits per heavy atom. The third-order valence-electron chi connectivity index (χ3n) is 6.42. The summed E-state index contributed by atoms with van der Waals surface area (Å²) in [6.07, 6.45) is 1.00. The summed E-state index contributed by atoms with van der Waals surface area (Å²) in [5.41, 5.74) is 7.25. The van der Waals surface area contributed by atoms with Crippen molar-refractivity contribution in [2.45, 2.75) is 33.9 Å². The highest BCUT2D eigenvalue weighted by atomic mass is 35.5. The zero-order valence-corrected chi connectivity index (χ0v) is 22.0. The van der Waals surface area contributed by atoms with Gasteiger partial charge in [0.2, 0.25) is 0 Å². The predicted molar refractivity (Wildman–Crippen MR) is 139 cm³/mol. The number of ether oxygens (including phenoxy) is 1. The Labute approximate surface area is 214 Å². The number of carbonyl (C=O) groups is 1. The molecule has 0 saturated heterocycles. The average molecular weight is 525 g/mol. The number of hydrogen-bond donors (Lipinski definition) is 0. The third-order valence-corrected chi connectivity index (χ3v) is 7.33. The van der Waals surface area contributed by atoms with Crippen molar-refractivity contribution in [2.75, 3.05) is 12.9 Å². The third kappa shape index (κ3) is 4.30. The van der Waals surface area contributed by atoms with Crippen LogP contribution >= 0.6 is 11.6 Å². The van der Waals surface area contributed by atoms with Crippen LogP contribution in [-0.4, -0.2) is 36.8 Å². The lowest BCUT2D eigenvalue weighted by Gasteiger charge is -2.20. The minimum atomic E-state index is -3.58. The Hall–Kier alpha value is -3.20. The Morgan fingerprint density at radius 2 is 1.75 bits per heavy atom. The standard InChI is InChI=1S/C27H25ClN2O5S/c1-15-12-16(2)19(17(3)13-15)14-34-22-7-5-6-18-23(22)27(31)24-20(28)8-9-21-25(24)26(18)29-30(21)10-11-35-36(4,32)33/h5-9,12-13H,10-11,14H2,1-4H3. The zero-order chi connectivity index (χ0) is 25.8. The largest absolute Gasteiger partial charge is 0.488 e. The highest BCUT2D eigenvalue weighted by Crippen LogP contribution is 2.44. The van der Waals surface area contributed by atoms with Crippen LogP contribution in [0.5, 0.6) is 5.75 Å². The lowest BCUT2D eigenvalue weighted by molar-refractivity contribution is 0.103. The summed E-state index contributed by atoms with van der Waals surface area (Å²) in [4.78, 5) is 13.8. The van der Waals surface area contributed by atoms with Gasteiger partial charge in [-0.05, 0) is 55.7 Å². The van der Waals surface area contributed by atoms with Crippen molar-refractivity contribution in [3.05, 3.63) is 80.9 Å². The van der Waals surface area contributed by atoms with Crippen LogP contribution < -0.4 is 4.74 Å². The lowest BCUT2D eigenvalue weighted by Crippen LogP contribution is -2.13. The Morgan fingerprint density at radius 3 is 2.44 bits per heavy atom. The van der Waals surface area contributed by atoms with E-state index in [1.807, 2.05) is 12.1 Å². The molecule has 36 heavy (non-hydrogen) atoms. The number of fused-ring (bicyclic) bond motifs is 2. The van der Waals surface area contributed by atoms with Gasteiger partial charge in [-0.3, -0.25) is 13.7 Å². The fraction of sp³-hybridized carbons (Fsp3) is 0.259. The molecule has 0 unspecified atom stereocenters. The minimum Gasteiger partial charge on any atom is -0.488 e. The van der Waals surface area contributed by atoms with Crippen LogP contribution in [0.15, 0.2) is 42.5 Å². The highest BCUT2D eigenvalue weighted by molar-refractivity contribution is 7.85. The van der Waals surface area contributed by atoms with Gasteiger partial charge in [-0.2, -0.15) is 13.5 Å². The van der Waals surface area contributed by atoms with Gasteiger partial charge in [0, 0.05) is 10.9 Å². The van der Waals surface area contributed by atoms with Crippen molar-refractivity contribution in [1.29, 1.82) is 0 Å². The first-order chi connectivity index (χ1) is 17.0. The van der Waals surface area contributed by atoms with Crippen LogP contribution in [0.25, 0.3) is 22.2 Å². The molecule has 0 atom stereocenters. The van der Waals surface area contributed by atoms with Gasteiger partial charge in [-0.25, -0.2) is 0 Å². The van der Waals surface area contributed by atoms with Gasteiger partial charge < -0.3 is 4.74 Å². The number of nitrogens with zero attached hydrogens (tertiary/aromatic N) is 2. The highest BCUT2D eigenvalue weighted by Gasteiger charge is 2.33. The van der Waals surface area contributed by atoms with E-state index in [-0.39, 0.29) is 18.9 Å². The van der Waals surface area contributed by atoms with Gasteiger partial charge in [0.05, 0.1) is 41.1 Å². The molecule has 0 spiro atoms. The van der Waals surface area contributed by atoms with Crippen molar-refractivity contribution in [1.82, 2.24) is 9.78 Å². The Kier molecular flexibility index (Phi) is 6.14. The monoisotopic (exact) mass is 524 g/mol. The number of halogens is 1. The molecule has 0 bridgehead atoms. The van der Waals surface area contributed by atoms with Crippen molar-refractivity contribution in [3.8, 4) is 17.0 Å². The minimum absolute atomic E-state index is 0.0772. The molecule has 1 heterocycles. The molecule has 5 rings (SSSR count). The molecular formula is C27H25ClN2O5S. The maximum atomic E-state index is 13.8. The first-order valence-corrected chi connectivity index (χ1v) is 13.7. The smallest absolute Gasteiger partial charge is 0.264 e. The molecule has 0 saturated carbocycles. The normalized spacial score (nSPS) is 12.8. The maximum absolute atomic E-state index is 13.8. The van der Waals surface area contributed by atoms with E-state index in [2.05, 4.69) is 32.9 Å². The first kappa shape index (κ1) is 24.5. The molecule has 0 fully saturated rings. The van der Waals surface area contributed by atoms with Gasteiger partial charge in [0.1, 0.15) is 18.1 Å². The van der Waals surface area contributed by atoms with Crippen LogP contribution in [0.2, 0.25) is 5.02 Å². The SMILES string of the molecule is Cc1cc(C)c(COc2cccc3c2C(=O)c2c(Cl)ccc4c2c-3nn4CCOS(C)(=O)=O)c(C)c1. The zero-order valence-electron chi connectivity index (χ0n) is 20.4. The molecule has 1 aliphatic rings. The van der Waals surface area contributed by atoms with E-state index in [1.54, 1.807) is 22.9 Å². The molecule has 1 aliphatic carbocycles.